The van der Waals surface area contributed by atoms with Crippen molar-refractivity contribution in [1.29, 1.82) is 0 Å². The van der Waals surface area contributed by atoms with Gasteiger partial charge < -0.3 is 10.6 Å². The van der Waals surface area contributed by atoms with Crippen molar-refractivity contribution in [3.05, 3.63) is 24.3 Å². The van der Waals surface area contributed by atoms with Crippen molar-refractivity contribution in [2.24, 2.45) is 0 Å². The van der Waals surface area contributed by atoms with Crippen molar-refractivity contribution in [2.45, 2.75) is 11.7 Å². The highest BCUT2D eigenvalue weighted by molar-refractivity contribution is 7.87. The summed E-state index contributed by atoms with van der Waals surface area (Å²) in [6.07, 6.45) is -3.26. The first-order valence-electron chi connectivity index (χ1n) is 5.30. The topological polar surface area (TPSA) is 113 Å². The minimum absolute atomic E-state index is 0.107. The van der Waals surface area contributed by atoms with Crippen molar-refractivity contribution in [3.63, 3.8) is 0 Å². The third-order valence-electron chi connectivity index (χ3n) is 2.20. The summed E-state index contributed by atoms with van der Waals surface area (Å²) < 4.78 is 78.8. The minimum atomic E-state index is -5.94. The number of halogens is 4. The van der Waals surface area contributed by atoms with Gasteiger partial charge in [-0.2, -0.15) is 26.0 Å². The van der Waals surface area contributed by atoms with Gasteiger partial charge in [-0.05, 0) is 24.3 Å². The number of hydrogen-bond acceptors (Lipinski definition) is 4. The summed E-state index contributed by atoms with van der Waals surface area (Å²) in [4.78, 5) is 21.8. The Bertz CT molecular complexity index is 675. The van der Waals surface area contributed by atoms with Gasteiger partial charge in [-0.1, -0.05) is 0 Å². The molecule has 3 N–H and O–H groups in total. The van der Waals surface area contributed by atoms with Crippen LogP contribution in [0.1, 0.15) is 0 Å². The van der Waals surface area contributed by atoms with E-state index in [-0.39, 0.29) is 11.4 Å². The molecule has 1 aromatic rings. The summed E-state index contributed by atoms with van der Waals surface area (Å²) in [5, 5.41) is -1.77. The largest absolute Gasteiger partial charge is 0.446 e. The highest BCUT2D eigenvalue weighted by Crippen LogP contribution is 2.23. The van der Waals surface area contributed by atoms with Crippen molar-refractivity contribution in [2.75, 3.05) is 10.6 Å². The smallest absolute Gasteiger partial charge is 0.321 e. The van der Waals surface area contributed by atoms with Crippen molar-refractivity contribution in [1.82, 2.24) is 0 Å². The average Bonchev–Trinajstić information content (AvgIpc) is 2.39. The molecule has 0 atom stereocenters. The maximum Gasteiger partial charge on any atom is 0.446 e. The molecule has 0 radical (unpaired) electrons. The van der Waals surface area contributed by atoms with Gasteiger partial charge in [0.2, 0.25) is 0 Å². The number of rotatable bonds is 5. The molecule has 0 heterocycles. The van der Waals surface area contributed by atoms with Gasteiger partial charge in [-0.3, -0.25) is 14.1 Å². The number of nitrogens with one attached hydrogen (secondary N) is 2. The first-order chi connectivity index (χ1) is 9.95. The van der Waals surface area contributed by atoms with Gasteiger partial charge in [0.05, 0.1) is 0 Å². The number of carbonyl (C=O) groups is 2. The quantitative estimate of drug-likeness (QED) is 0.551. The van der Waals surface area contributed by atoms with E-state index in [2.05, 4.69) is 0 Å². The Hall–Kier alpha value is -2.21. The Morgan fingerprint density at radius 1 is 1.05 bits per heavy atom. The van der Waals surface area contributed by atoms with Gasteiger partial charge in [-0.15, -0.1) is 0 Å². The molecule has 7 nitrogen and oxygen atoms in total. The number of carbonyl (C=O) groups excluding carboxylic acids is 2. The summed E-state index contributed by atoms with van der Waals surface area (Å²) in [7, 11) is -5.94. The SMILES string of the molecule is O=C(Nc1ccc(NC(=O)C(F)(F)S(=O)(=O)O)cc1)C(F)F. The first-order valence-corrected chi connectivity index (χ1v) is 6.74. The Labute approximate surface area is 121 Å². The van der Waals surface area contributed by atoms with Crippen molar-refractivity contribution >= 4 is 33.3 Å². The Kier molecular flexibility index (Phi) is 5.09. The lowest BCUT2D eigenvalue weighted by molar-refractivity contribution is -0.130. The molecule has 0 fully saturated rings. The van der Waals surface area contributed by atoms with E-state index in [1.54, 1.807) is 5.32 Å². The predicted octanol–water partition coefficient (Wildman–Crippen LogP) is 1.31. The van der Waals surface area contributed by atoms with E-state index in [1.807, 2.05) is 0 Å². The monoisotopic (exact) mass is 344 g/mol. The Morgan fingerprint density at radius 2 is 1.45 bits per heavy atom. The Morgan fingerprint density at radius 3 is 1.82 bits per heavy atom. The van der Waals surface area contributed by atoms with Crippen molar-refractivity contribution in [3.8, 4) is 0 Å². The molecule has 1 rings (SSSR count). The highest BCUT2D eigenvalue weighted by Gasteiger charge is 2.52. The minimum Gasteiger partial charge on any atom is -0.321 e. The maximum absolute atomic E-state index is 13.0. The summed E-state index contributed by atoms with van der Waals surface area (Å²) >= 11 is 0. The van der Waals surface area contributed by atoms with Gasteiger partial charge >= 0.3 is 27.7 Å². The van der Waals surface area contributed by atoms with E-state index in [0.29, 0.717) is 0 Å². The normalized spacial score (nSPS) is 12.1. The van der Waals surface area contributed by atoms with Crippen LogP contribution in [0.5, 0.6) is 0 Å². The molecule has 0 aliphatic rings. The lowest BCUT2D eigenvalue weighted by Crippen LogP contribution is -2.41. The zero-order chi connectivity index (χ0) is 17.1. The third-order valence-corrected chi connectivity index (χ3v) is 3.03. The molecule has 122 valence electrons. The summed E-state index contributed by atoms with van der Waals surface area (Å²) in [5.41, 5.74) is -0.423. The van der Waals surface area contributed by atoms with Crippen LogP contribution in [0.3, 0.4) is 0 Å². The number of hydrogen-bond donors (Lipinski definition) is 3. The van der Waals surface area contributed by atoms with E-state index < -0.39 is 33.6 Å². The van der Waals surface area contributed by atoms with Crippen LogP contribution in [0.15, 0.2) is 24.3 Å². The lowest BCUT2D eigenvalue weighted by Gasteiger charge is -2.13. The molecule has 0 aliphatic carbocycles. The molecule has 0 spiro atoms. The molecule has 0 bridgehead atoms. The fourth-order valence-corrected chi connectivity index (χ4v) is 1.44. The van der Waals surface area contributed by atoms with E-state index in [1.165, 1.54) is 5.32 Å². The molecular weight excluding hydrogens is 336 g/mol. The van der Waals surface area contributed by atoms with E-state index in [0.717, 1.165) is 24.3 Å². The Balaban J connectivity index is 2.81. The predicted molar refractivity (Wildman–Crippen MR) is 66.2 cm³/mol. The molecule has 2 amide bonds. The van der Waals surface area contributed by atoms with Crippen molar-refractivity contribution < 1.29 is 40.1 Å². The number of anilines is 2. The van der Waals surface area contributed by atoms with Gasteiger partial charge in [-0.25, -0.2) is 0 Å². The van der Waals surface area contributed by atoms with E-state index in [9.17, 15) is 35.6 Å². The number of amides is 2. The van der Waals surface area contributed by atoms with Crippen LogP contribution >= 0.6 is 0 Å². The standard InChI is InChI=1S/C10H8F4N2O5S/c11-7(12)8(17)15-5-1-3-6(4-2-5)16-9(18)10(13,14)22(19,20)21/h1-4,7H,(H,15,17)(H,16,18)(H,19,20,21). The maximum atomic E-state index is 13.0. The lowest BCUT2D eigenvalue weighted by atomic mass is 10.2. The molecule has 0 unspecified atom stereocenters. The van der Waals surface area contributed by atoms with Crippen LogP contribution in [0.2, 0.25) is 0 Å². The van der Waals surface area contributed by atoms with Gasteiger partial charge in [0.25, 0.3) is 5.91 Å². The zero-order valence-electron chi connectivity index (χ0n) is 10.4. The third kappa shape index (κ3) is 4.14. The highest BCUT2D eigenvalue weighted by atomic mass is 32.2. The summed E-state index contributed by atoms with van der Waals surface area (Å²) in [6.45, 7) is 0. The van der Waals surface area contributed by atoms with Gasteiger partial charge in [0, 0.05) is 11.4 Å². The molecular formula is C10H8F4N2O5S. The molecule has 22 heavy (non-hydrogen) atoms. The van der Waals surface area contributed by atoms with Crippen LogP contribution in [0.4, 0.5) is 28.9 Å². The van der Waals surface area contributed by atoms with E-state index in [4.69, 9.17) is 4.55 Å². The zero-order valence-corrected chi connectivity index (χ0v) is 11.2. The summed E-state index contributed by atoms with van der Waals surface area (Å²) in [6, 6.07) is 3.89. The number of benzene rings is 1. The van der Waals surface area contributed by atoms with E-state index >= 15 is 0 Å². The molecule has 0 aliphatic heterocycles. The van der Waals surface area contributed by atoms with Crippen LogP contribution in [0.25, 0.3) is 0 Å². The number of alkyl halides is 4. The fourth-order valence-electron chi connectivity index (χ4n) is 1.15. The van der Waals surface area contributed by atoms with Crippen LogP contribution in [-0.2, 0) is 19.7 Å². The van der Waals surface area contributed by atoms with Gasteiger partial charge in [0.1, 0.15) is 0 Å². The molecule has 0 saturated heterocycles. The molecule has 1 aromatic carbocycles. The molecule has 12 heteroatoms. The second-order valence-corrected chi connectivity index (χ2v) is 5.28. The van der Waals surface area contributed by atoms with Gasteiger partial charge in [0.15, 0.2) is 0 Å². The van der Waals surface area contributed by atoms with Crippen LogP contribution in [-0.4, -0.2) is 36.5 Å². The second-order valence-electron chi connectivity index (χ2n) is 3.81. The fraction of sp³-hybridized carbons (Fsp3) is 0.200. The first kappa shape index (κ1) is 17.8. The van der Waals surface area contributed by atoms with Crippen LogP contribution in [0, 0.1) is 0 Å². The average molecular weight is 344 g/mol. The molecule has 0 aromatic heterocycles. The van der Waals surface area contributed by atoms with Crippen LogP contribution < -0.4 is 10.6 Å². The molecule has 0 saturated carbocycles. The second kappa shape index (κ2) is 6.27. The summed E-state index contributed by atoms with van der Waals surface area (Å²) in [5.74, 6) is -3.89.